The summed E-state index contributed by atoms with van der Waals surface area (Å²) in [6.07, 6.45) is 0. The van der Waals surface area contributed by atoms with Gasteiger partial charge in [-0.3, -0.25) is 4.79 Å². The summed E-state index contributed by atoms with van der Waals surface area (Å²) in [4.78, 5) is 23.9. The van der Waals surface area contributed by atoms with E-state index in [1.807, 2.05) is 6.92 Å². The number of methoxy groups -OCH3 is 1. The number of ether oxygens (including phenoxy) is 1. The maximum Gasteiger partial charge on any atom is 0.343 e. The molecule has 0 aliphatic carbocycles. The Labute approximate surface area is 122 Å². The van der Waals surface area contributed by atoms with Crippen molar-refractivity contribution in [2.24, 2.45) is 5.92 Å². The van der Waals surface area contributed by atoms with Crippen LogP contribution >= 0.6 is 11.3 Å². The van der Waals surface area contributed by atoms with Gasteiger partial charge in [-0.2, -0.15) is 0 Å². The number of hydrogen-bond acceptors (Lipinski definition) is 6. The van der Waals surface area contributed by atoms with Gasteiger partial charge in [0.15, 0.2) is 0 Å². The summed E-state index contributed by atoms with van der Waals surface area (Å²) < 4.78 is 4.74. The van der Waals surface area contributed by atoms with Gasteiger partial charge in [0.1, 0.15) is 15.4 Å². The SMILES string of the molecule is CNC(=O)c1sc(NC(C)C(C)C)c(C(=O)OC)c1N. The number of carbonyl (C=O) groups is 2. The minimum Gasteiger partial charge on any atom is -0.465 e. The Balaban J connectivity index is 3.27. The van der Waals surface area contributed by atoms with E-state index in [1.165, 1.54) is 14.2 Å². The molecule has 1 unspecified atom stereocenters. The van der Waals surface area contributed by atoms with Gasteiger partial charge < -0.3 is 21.1 Å². The van der Waals surface area contributed by atoms with E-state index in [2.05, 4.69) is 24.5 Å². The topological polar surface area (TPSA) is 93.5 Å². The molecule has 1 aromatic rings. The molecule has 0 fully saturated rings. The smallest absolute Gasteiger partial charge is 0.343 e. The highest BCUT2D eigenvalue weighted by Gasteiger charge is 2.26. The van der Waals surface area contributed by atoms with Crippen LogP contribution in [0.15, 0.2) is 0 Å². The predicted molar refractivity (Wildman–Crippen MR) is 81.4 cm³/mol. The van der Waals surface area contributed by atoms with Crippen molar-refractivity contribution >= 4 is 33.9 Å². The molecule has 0 bridgehead atoms. The number of thiophene rings is 1. The number of amides is 1. The second-order valence-electron chi connectivity index (χ2n) is 4.80. The van der Waals surface area contributed by atoms with E-state index in [9.17, 15) is 9.59 Å². The molecule has 0 aliphatic rings. The second kappa shape index (κ2) is 6.60. The van der Waals surface area contributed by atoms with Gasteiger partial charge in [0.25, 0.3) is 5.91 Å². The fraction of sp³-hybridized carbons (Fsp3) is 0.538. The Morgan fingerprint density at radius 2 is 1.90 bits per heavy atom. The van der Waals surface area contributed by atoms with E-state index in [-0.39, 0.29) is 23.2 Å². The molecule has 1 rings (SSSR count). The summed E-state index contributed by atoms with van der Waals surface area (Å²) in [6, 6.07) is 0.133. The lowest BCUT2D eigenvalue weighted by Crippen LogP contribution is -2.22. The number of rotatable bonds is 5. The lowest BCUT2D eigenvalue weighted by Gasteiger charge is -2.18. The molecule has 0 saturated carbocycles. The first-order valence-electron chi connectivity index (χ1n) is 6.32. The second-order valence-corrected chi connectivity index (χ2v) is 5.82. The molecule has 0 aromatic carbocycles. The molecule has 0 aliphatic heterocycles. The van der Waals surface area contributed by atoms with E-state index in [0.717, 1.165) is 11.3 Å². The minimum atomic E-state index is -0.549. The predicted octanol–water partition coefficient (Wildman–Crippen LogP) is 1.93. The molecule has 0 saturated heterocycles. The maximum atomic E-state index is 11.9. The van der Waals surface area contributed by atoms with Gasteiger partial charge in [-0.15, -0.1) is 11.3 Å². The standard InChI is InChI=1S/C13H21N3O3S/c1-6(2)7(3)16-12-8(13(18)19-5)9(14)10(20-12)11(17)15-4/h6-7,16H,14H2,1-5H3,(H,15,17). The first-order valence-corrected chi connectivity index (χ1v) is 7.14. The zero-order valence-electron chi connectivity index (χ0n) is 12.4. The van der Waals surface area contributed by atoms with E-state index in [4.69, 9.17) is 10.5 Å². The van der Waals surface area contributed by atoms with Gasteiger partial charge >= 0.3 is 5.97 Å². The third kappa shape index (κ3) is 3.22. The van der Waals surface area contributed by atoms with Crippen LogP contribution in [0.1, 0.15) is 40.8 Å². The first kappa shape index (κ1) is 16.3. The fourth-order valence-corrected chi connectivity index (χ4v) is 2.66. The molecule has 7 heteroatoms. The summed E-state index contributed by atoms with van der Waals surface area (Å²) in [7, 11) is 2.80. The number of nitrogens with one attached hydrogen (secondary N) is 2. The average Bonchev–Trinajstić information content (AvgIpc) is 2.73. The monoisotopic (exact) mass is 299 g/mol. The zero-order chi connectivity index (χ0) is 15.4. The Bertz CT molecular complexity index is 511. The molecule has 112 valence electrons. The van der Waals surface area contributed by atoms with E-state index in [1.54, 1.807) is 0 Å². The Morgan fingerprint density at radius 3 is 2.35 bits per heavy atom. The lowest BCUT2D eigenvalue weighted by molar-refractivity contribution is 0.0603. The highest BCUT2D eigenvalue weighted by Crippen LogP contribution is 2.37. The minimum absolute atomic E-state index is 0.133. The summed E-state index contributed by atoms with van der Waals surface area (Å²) in [5, 5.41) is 6.29. The van der Waals surface area contributed by atoms with Crippen molar-refractivity contribution in [1.82, 2.24) is 5.32 Å². The number of nitrogen functional groups attached to an aromatic ring is 1. The Morgan fingerprint density at radius 1 is 1.30 bits per heavy atom. The van der Waals surface area contributed by atoms with Crippen LogP contribution in [0.25, 0.3) is 0 Å². The third-order valence-electron chi connectivity index (χ3n) is 3.13. The van der Waals surface area contributed by atoms with Gasteiger partial charge in [0.05, 0.1) is 12.8 Å². The molecule has 1 atom stereocenters. The van der Waals surface area contributed by atoms with Gasteiger partial charge in [0, 0.05) is 13.1 Å². The van der Waals surface area contributed by atoms with Crippen LogP contribution in [0, 0.1) is 5.92 Å². The van der Waals surface area contributed by atoms with Crippen LogP contribution in [0.5, 0.6) is 0 Å². The van der Waals surface area contributed by atoms with Crippen molar-refractivity contribution in [3.05, 3.63) is 10.4 Å². The summed E-state index contributed by atoms with van der Waals surface area (Å²) in [5.74, 6) is -0.498. The number of carbonyl (C=O) groups excluding carboxylic acids is 2. The average molecular weight is 299 g/mol. The molecular weight excluding hydrogens is 278 g/mol. The Hall–Kier alpha value is -1.76. The van der Waals surface area contributed by atoms with Gasteiger partial charge in [-0.25, -0.2) is 4.79 Å². The lowest BCUT2D eigenvalue weighted by atomic mass is 10.1. The van der Waals surface area contributed by atoms with Crippen LogP contribution in [-0.4, -0.2) is 32.1 Å². The van der Waals surface area contributed by atoms with Crippen molar-refractivity contribution in [2.75, 3.05) is 25.2 Å². The highest BCUT2D eigenvalue weighted by atomic mass is 32.1. The Kier molecular flexibility index (Phi) is 5.38. The van der Waals surface area contributed by atoms with Gasteiger partial charge in [-0.1, -0.05) is 13.8 Å². The van der Waals surface area contributed by atoms with Gasteiger partial charge in [-0.05, 0) is 12.8 Å². The first-order chi connectivity index (χ1) is 9.33. The quantitative estimate of drug-likeness (QED) is 0.722. The van der Waals surface area contributed by atoms with Crippen molar-refractivity contribution in [2.45, 2.75) is 26.8 Å². The van der Waals surface area contributed by atoms with Crippen molar-refractivity contribution < 1.29 is 14.3 Å². The number of nitrogens with two attached hydrogens (primary N) is 1. The molecule has 6 nitrogen and oxygen atoms in total. The molecule has 0 spiro atoms. The summed E-state index contributed by atoms with van der Waals surface area (Å²) in [6.45, 7) is 6.12. The summed E-state index contributed by atoms with van der Waals surface area (Å²) in [5.41, 5.74) is 6.30. The van der Waals surface area contributed by atoms with Crippen LogP contribution in [-0.2, 0) is 4.74 Å². The maximum absolute atomic E-state index is 11.9. The van der Waals surface area contributed by atoms with Crippen LogP contribution in [0.2, 0.25) is 0 Å². The van der Waals surface area contributed by atoms with Crippen LogP contribution in [0.3, 0.4) is 0 Å². The molecule has 20 heavy (non-hydrogen) atoms. The molecule has 1 aromatic heterocycles. The highest BCUT2D eigenvalue weighted by molar-refractivity contribution is 7.19. The number of esters is 1. The molecule has 1 amide bonds. The van der Waals surface area contributed by atoms with Crippen LogP contribution in [0.4, 0.5) is 10.7 Å². The normalized spacial score (nSPS) is 12.1. The molecule has 0 radical (unpaired) electrons. The molecule has 1 heterocycles. The van der Waals surface area contributed by atoms with E-state index < -0.39 is 5.97 Å². The van der Waals surface area contributed by atoms with E-state index >= 15 is 0 Å². The molecule has 4 N–H and O–H groups in total. The third-order valence-corrected chi connectivity index (χ3v) is 4.26. The molecular formula is C13H21N3O3S. The fourth-order valence-electron chi connectivity index (χ4n) is 1.51. The number of anilines is 2. The summed E-state index contributed by atoms with van der Waals surface area (Å²) >= 11 is 1.16. The van der Waals surface area contributed by atoms with Crippen molar-refractivity contribution in [3.63, 3.8) is 0 Å². The largest absolute Gasteiger partial charge is 0.465 e. The van der Waals surface area contributed by atoms with Crippen molar-refractivity contribution in [3.8, 4) is 0 Å². The van der Waals surface area contributed by atoms with Crippen molar-refractivity contribution in [1.29, 1.82) is 0 Å². The van der Waals surface area contributed by atoms with Gasteiger partial charge in [0.2, 0.25) is 0 Å². The number of hydrogen-bond donors (Lipinski definition) is 3. The van der Waals surface area contributed by atoms with E-state index in [0.29, 0.717) is 15.8 Å². The van der Waals surface area contributed by atoms with Crippen LogP contribution < -0.4 is 16.4 Å². The zero-order valence-corrected chi connectivity index (χ0v) is 13.2.